The molecular weight excluding hydrogens is 214 g/mol. The lowest BCUT2D eigenvalue weighted by Gasteiger charge is -2.02. The number of ether oxygens (including phenoxy) is 1. The number of rotatable bonds is 3. The first-order chi connectivity index (χ1) is 8.43. The van der Waals surface area contributed by atoms with Crippen LogP contribution < -0.4 is 4.74 Å². The zero-order chi connectivity index (χ0) is 11.5. The average Bonchev–Trinajstić information content (AvgIpc) is 2.81. The van der Waals surface area contributed by atoms with Gasteiger partial charge in [0.25, 0.3) is 0 Å². The van der Waals surface area contributed by atoms with Gasteiger partial charge in [0, 0.05) is 5.39 Å². The highest BCUT2D eigenvalue weighted by molar-refractivity contribution is 5.79. The minimum Gasteiger partial charge on any atom is -0.487 e. The van der Waals surface area contributed by atoms with Crippen LogP contribution in [0.25, 0.3) is 11.0 Å². The summed E-state index contributed by atoms with van der Waals surface area (Å²) in [5.41, 5.74) is 1.61. The fourth-order valence-corrected chi connectivity index (χ4v) is 1.71. The van der Waals surface area contributed by atoms with Gasteiger partial charge in [-0.2, -0.15) is 0 Å². The van der Waals surface area contributed by atoms with Crippen molar-refractivity contribution < 1.29 is 9.26 Å². The van der Waals surface area contributed by atoms with Crippen molar-refractivity contribution >= 4 is 11.0 Å². The number of benzene rings is 2. The summed E-state index contributed by atoms with van der Waals surface area (Å²) in [6.07, 6.45) is 0. The van der Waals surface area contributed by atoms with E-state index in [2.05, 4.69) is 5.16 Å². The van der Waals surface area contributed by atoms with Crippen molar-refractivity contribution in [2.24, 2.45) is 0 Å². The van der Waals surface area contributed by atoms with Crippen molar-refractivity contribution in [1.82, 2.24) is 5.16 Å². The molecule has 1 aromatic heterocycles. The van der Waals surface area contributed by atoms with E-state index in [-0.39, 0.29) is 0 Å². The highest BCUT2D eigenvalue weighted by atomic mass is 16.5. The lowest BCUT2D eigenvalue weighted by molar-refractivity contribution is 0.292. The average molecular weight is 225 g/mol. The summed E-state index contributed by atoms with van der Waals surface area (Å²) in [6, 6.07) is 17.4. The summed E-state index contributed by atoms with van der Waals surface area (Å²) in [7, 11) is 0. The number of aromatic nitrogens is 1. The molecule has 0 amide bonds. The fraction of sp³-hybridized carbons (Fsp3) is 0.0714. The highest BCUT2D eigenvalue weighted by Crippen LogP contribution is 2.19. The topological polar surface area (TPSA) is 35.3 Å². The van der Waals surface area contributed by atoms with E-state index in [1.807, 2.05) is 54.6 Å². The highest BCUT2D eigenvalue weighted by Gasteiger charge is 2.07. The summed E-state index contributed by atoms with van der Waals surface area (Å²) in [4.78, 5) is 0. The Bertz CT molecular complexity index is 616. The van der Waals surface area contributed by atoms with Crippen molar-refractivity contribution in [1.29, 1.82) is 0 Å². The first-order valence-corrected chi connectivity index (χ1v) is 5.44. The SMILES string of the molecule is c1ccc(OCc2noc3ccccc23)cc1. The molecule has 0 aliphatic rings. The molecule has 0 bridgehead atoms. The first kappa shape index (κ1) is 9.90. The van der Waals surface area contributed by atoms with Crippen LogP contribution >= 0.6 is 0 Å². The minimum absolute atomic E-state index is 0.418. The van der Waals surface area contributed by atoms with Gasteiger partial charge in [-0.1, -0.05) is 35.5 Å². The smallest absolute Gasteiger partial charge is 0.167 e. The maximum Gasteiger partial charge on any atom is 0.167 e. The van der Waals surface area contributed by atoms with E-state index in [4.69, 9.17) is 9.26 Å². The predicted molar refractivity (Wildman–Crippen MR) is 64.8 cm³/mol. The number of nitrogens with zero attached hydrogens (tertiary/aromatic N) is 1. The van der Waals surface area contributed by atoms with Crippen molar-refractivity contribution in [3.8, 4) is 5.75 Å². The molecular formula is C14H11NO2. The van der Waals surface area contributed by atoms with Crippen LogP contribution in [0.4, 0.5) is 0 Å². The van der Waals surface area contributed by atoms with Crippen LogP contribution in [0, 0.1) is 0 Å². The van der Waals surface area contributed by atoms with E-state index in [9.17, 15) is 0 Å². The van der Waals surface area contributed by atoms with E-state index >= 15 is 0 Å². The molecule has 3 heteroatoms. The van der Waals surface area contributed by atoms with Crippen molar-refractivity contribution in [2.45, 2.75) is 6.61 Å². The normalized spacial score (nSPS) is 10.6. The van der Waals surface area contributed by atoms with Crippen LogP contribution in [-0.2, 0) is 6.61 Å². The second-order valence-corrected chi connectivity index (χ2v) is 3.73. The van der Waals surface area contributed by atoms with E-state index < -0.39 is 0 Å². The van der Waals surface area contributed by atoms with E-state index in [0.29, 0.717) is 6.61 Å². The van der Waals surface area contributed by atoms with Crippen molar-refractivity contribution in [3.05, 3.63) is 60.3 Å². The van der Waals surface area contributed by atoms with E-state index in [0.717, 1.165) is 22.4 Å². The van der Waals surface area contributed by atoms with Gasteiger partial charge in [0.05, 0.1) is 0 Å². The third kappa shape index (κ3) is 1.99. The van der Waals surface area contributed by atoms with Gasteiger partial charge >= 0.3 is 0 Å². The zero-order valence-corrected chi connectivity index (χ0v) is 9.17. The van der Waals surface area contributed by atoms with Crippen LogP contribution in [0.5, 0.6) is 5.75 Å². The van der Waals surface area contributed by atoms with Crippen molar-refractivity contribution in [2.75, 3.05) is 0 Å². The Labute approximate surface area is 98.6 Å². The van der Waals surface area contributed by atoms with Gasteiger partial charge in [-0.25, -0.2) is 0 Å². The van der Waals surface area contributed by atoms with E-state index in [1.54, 1.807) is 0 Å². The summed E-state index contributed by atoms with van der Waals surface area (Å²) < 4.78 is 10.8. The first-order valence-electron chi connectivity index (χ1n) is 5.44. The monoisotopic (exact) mass is 225 g/mol. The van der Waals surface area contributed by atoms with Gasteiger partial charge in [-0.15, -0.1) is 0 Å². The molecule has 84 valence electrons. The minimum atomic E-state index is 0.418. The van der Waals surface area contributed by atoms with Gasteiger partial charge in [0.15, 0.2) is 5.58 Å². The Morgan fingerprint density at radius 3 is 2.59 bits per heavy atom. The third-order valence-electron chi connectivity index (χ3n) is 2.57. The fourth-order valence-electron chi connectivity index (χ4n) is 1.71. The van der Waals surface area contributed by atoms with Crippen LogP contribution in [-0.4, -0.2) is 5.16 Å². The summed E-state index contributed by atoms with van der Waals surface area (Å²) in [5, 5.41) is 5.01. The molecule has 0 fully saturated rings. The number of para-hydroxylation sites is 2. The Hall–Kier alpha value is -2.29. The summed E-state index contributed by atoms with van der Waals surface area (Å²) >= 11 is 0. The molecule has 0 aliphatic carbocycles. The van der Waals surface area contributed by atoms with Gasteiger partial charge in [0.1, 0.15) is 18.1 Å². The Balaban J connectivity index is 1.82. The maximum atomic E-state index is 5.64. The number of hydrogen-bond donors (Lipinski definition) is 0. The largest absolute Gasteiger partial charge is 0.487 e. The Morgan fingerprint density at radius 2 is 1.71 bits per heavy atom. The molecule has 17 heavy (non-hydrogen) atoms. The van der Waals surface area contributed by atoms with Crippen LogP contribution in [0.3, 0.4) is 0 Å². The second-order valence-electron chi connectivity index (χ2n) is 3.73. The van der Waals surface area contributed by atoms with Crippen LogP contribution in [0.15, 0.2) is 59.1 Å². The molecule has 3 aromatic rings. The Morgan fingerprint density at radius 1 is 0.941 bits per heavy atom. The molecule has 3 nitrogen and oxygen atoms in total. The third-order valence-corrected chi connectivity index (χ3v) is 2.57. The summed E-state index contributed by atoms with van der Waals surface area (Å²) in [5.74, 6) is 0.833. The Kier molecular flexibility index (Phi) is 2.50. The quantitative estimate of drug-likeness (QED) is 0.685. The summed E-state index contributed by atoms with van der Waals surface area (Å²) in [6.45, 7) is 0.418. The molecule has 0 saturated carbocycles. The van der Waals surface area contributed by atoms with Gasteiger partial charge in [-0.05, 0) is 24.3 Å². The molecule has 0 radical (unpaired) electrons. The van der Waals surface area contributed by atoms with E-state index in [1.165, 1.54) is 0 Å². The lowest BCUT2D eigenvalue weighted by Crippen LogP contribution is -1.95. The standard InChI is InChI=1S/C14H11NO2/c1-2-6-11(7-3-1)16-10-13-12-8-4-5-9-14(12)17-15-13/h1-9H,10H2. The molecule has 0 atom stereocenters. The van der Waals surface area contributed by atoms with Gasteiger partial charge in [0.2, 0.25) is 0 Å². The molecule has 0 spiro atoms. The zero-order valence-electron chi connectivity index (χ0n) is 9.17. The second kappa shape index (κ2) is 4.29. The van der Waals surface area contributed by atoms with Crippen LogP contribution in [0.1, 0.15) is 5.69 Å². The molecule has 1 heterocycles. The number of hydrogen-bond acceptors (Lipinski definition) is 3. The molecule has 3 rings (SSSR count). The predicted octanol–water partition coefficient (Wildman–Crippen LogP) is 3.41. The molecule has 0 unspecified atom stereocenters. The van der Waals surface area contributed by atoms with Crippen LogP contribution in [0.2, 0.25) is 0 Å². The molecule has 2 aromatic carbocycles. The lowest BCUT2D eigenvalue weighted by atomic mass is 10.2. The molecule has 0 saturated heterocycles. The van der Waals surface area contributed by atoms with Crippen molar-refractivity contribution in [3.63, 3.8) is 0 Å². The number of fused-ring (bicyclic) bond motifs is 1. The van der Waals surface area contributed by atoms with Gasteiger partial charge < -0.3 is 9.26 Å². The van der Waals surface area contributed by atoms with Gasteiger partial charge in [-0.3, -0.25) is 0 Å². The maximum absolute atomic E-state index is 5.64. The molecule has 0 aliphatic heterocycles. The molecule has 0 N–H and O–H groups in total.